The normalized spacial score (nSPS) is 29.9. The zero-order valence-electron chi connectivity index (χ0n) is 8.84. The molecule has 3 unspecified atom stereocenters. The minimum atomic E-state index is 0.557. The third kappa shape index (κ3) is 2.74. The first kappa shape index (κ1) is 10.6. The van der Waals surface area contributed by atoms with Crippen LogP contribution in [0.3, 0.4) is 0 Å². The molecule has 1 N–H and O–H groups in total. The van der Waals surface area contributed by atoms with E-state index in [1.807, 2.05) is 7.05 Å². The van der Waals surface area contributed by atoms with Crippen molar-refractivity contribution in [2.24, 2.45) is 11.8 Å². The van der Waals surface area contributed by atoms with Crippen LogP contribution in [0.15, 0.2) is 0 Å². The maximum Gasteiger partial charge on any atom is 0.0243 e. The molecule has 0 bridgehead atoms. The molecule has 0 spiro atoms. The minimum Gasteiger partial charge on any atom is -0.316 e. The van der Waals surface area contributed by atoms with Gasteiger partial charge in [0.1, 0.15) is 0 Å². The summed E-state index contributed by atoms with van der Waals surface area (Å²) in [7, 11) is 2.03. The van der Waals surface area contributed by atoms with Gasteiger partial charge in [0.25, 0.3) is 0 Å². The molecule has 0 heterocycles. The summed E-state index contributed by atoms with van der Waals surface area (Å²) in [6, 6.07) is 0.557. The molecule has 0 radical (unpaired) electrons. The Morgan fingerprint density at radius 2 is 2.31 bits per heavy atom. The maximum atomic E-state index is 5.35. The van der Waals surface area contributed by atoms with Gasteiger partial charge < -0.3 is 5.32 Å². The zero-order chi connectivity index (χ0) is 9.68. The molecular formula is C12H21N. The van der Waals surface area contributed by atoms with Crippen LogP contribution in [0, 0.1) is 24.2 Å². The second kappa shape index (κ2) is 5.29. The Morgan fingerprint density at radius 3 is 2.77 bits per heavy atom. The van der Waals surface area contributed by atoms with Gasteiger partial charge in [-0.1, -0.05) is 19.8 Å². The number of rotatable bonds is 4. The van der Waals surface area contributed by atoms with E-state index in [1.54, 1.807) is 0 Å². The second-order valence-corrected chi connectivity index (χ2v) is 4.15. The monoisotopic (exact) mass is 179 g/mol. The molecule has 74 valence electrons. The van der Waals surface area contributed by atoms with Gasteiger partial charge in [-0.15, -0.1) is 12.3 Å². The summed E-state index contributed by atoms with van der Waals surface area (Å²) in [6.07, 6.45) is 11.7. The van der Waals surface area contributed by atoms with E-state index in [0.717, 1.165) is 18.3 Å². The van der Waals surface area contributed by atoms with Crippen molar-refractivity contribution < 1.29 is 0 Å². The predicted octanol–water partition coefficient (Wildman–Crippen LogP) is 2.42. The molecule has 0 aliphatic heterocycles. The first-order valence-corrected chi connectivity index (χ1v) is 5.42. The average Bonchev–Trinajstić information content (AvgIpc) is 2.62. The molecule has 13 heavy (non-hydrogen) atoms. The largest absolute Gasteiger partial charge is 0.316 e. The van der Waals surface area contributed by atoms with Gasteiger partial charge in [0.05, 0.1) is 0 Å². The molecule has 1 aliphatic rings. The van der Waals surface area contributed by atoms with E-state index in [4.69, 9.17) is 6.42 Å². The smallest absolute Gasteiger partial charge is 0.0243 e. The quantitative estimate of drug-likeness (QED) is 0.654. The highest BCUT2D eigenvalue weighted by Crippen LogP contribution is 2.35. The van der Waals surface area contributed by atoms with E-state index in [-0.39, 0.29) is 0 Å². The summed E-state index contributed by atoms with van der Waals surface area (Å²) in [5, 5.41) is 3.35. The van der Waals surface area contributed by atoms with E-state index >= 15 is 0 Å². The Balaban J connectivity index is 2.39. The Hall–Kier alpha value is -0.480. The molecule has 0 amide bonds. The van der Waals surface area contributed by atoms with E-state index in [0.29, 0.717) is 6.04 Å². The van der Waals surface area contributed by atoms with E-state index in [2.05, 4.69) is 18.2 Å². The third-order valence-electron chi connectivity index (χ3n) is 3.44. The van der Waals surface area contributed by atoms with Gasteiger partial charge in [0.15, 0.2) is 0 Å². The second-order valence-electron chi connectivity index (χ2n) is 4.15. The lowest BCUT2D eigenvalue weighted by molar-refractivity contribution is 0.369. The van der Waals surface area contributed by atoms with Crippen LogP contribution in [0.4, 0.5) is 0 Å². The molecule has 1 aliphatic carbocycles. The van der Waals surface area contributed by atoms with Crippen molar-refractivity contribution in [3.8, 4) is 12.3 Å². The lowest BCUT2D eigenvalue weighted by Crippen LogP contribution is -2.31. The van der Waals surface area contributed by atoms with Crippen LogP contribution in [0.25, 0.3) is 0 Å². The van der Waals surface area contributed by atoms with Crippen LogP contribution < -0.4 is 5.32 Å². The Bertz CT molecular complexity index is 180. The lowest BCUT2D eigenvalue weighted by Gasteiger charge is -2.20. The zero-order valence-corrected chi connectivity index (χ0v) is 8.84. The van der Waals surface area contributed by atoms with Gasteiger partial charge in [-0.25, -0.2) is 0 Å². The molecule has 0 aromatic heterocycles. The highest BCUT2D eigenvalue weighted by Gasteiger charge is 2.28. The van der Waals surface area contributed by atoms with Crippen molar-refractivity contribution >= 4 is 0 Å². The number of terminal acetylenes is 1. The molecule has 0 aromatic carbocycles. The molecule has 1 nitrogen and oxygen atoms in total. The Kier molecular flexibility index (Phi) is 4.32. The summed E-state index contributed by atoms with van der Waals surface area (Å²) >= 11 is 0. The molecule has 1 rings (SSSR count). The number of hydrogen-bond acceptors (Lipinski definition) is 1. The van der Waals surface area contributed by atoms with Gasteiger partial charge in [-0.2, -0.15) is 0 Å². The molecule has 1 heteroatoms. The summed E-state index contributed by atoms with van der Waals surface area (Å²) in [5.74, 6) is 4.55. The first-order chi connectivity index (χ1) is 6.31. The highest BCUT2D eigenvalue weighted by molar-refractivity contribution is 4.94. The van der Waals surface area contributed by atoms with Crippen molar-refractivity contribution in [2.45, 2.75) is 45.1 Å². The van der Waals surface area contributed by atoms with E-state index in [1.165, 1.54) is 25.7 Å². The fourth-order valence-corrected chi connectivity index (χ4v) is 2.48. The average molecular weight is 179 g/mol. The standard InChI is InChI=1S/C12H21N/c1-4-6-12(13-3)11-8-7-10(5-2)9-11/h1,10-13H,5-9H2,2-3H3. The van der Waals surface area contributed by atoms with Crippen molar-refractivity contribution in [3.05, 3.63) is 0 Å². The number of nitrogens with one attached hydrogen (secondary N) is 1. The topological polar surface area (TPSA) is 12.0 Å². The molecule has 0 aromatic rings. The van der Waals surface area contributed by atoms with Crippen LogP contribution in [-0.2, 0) is 0 Å². The van der Waals surface area contributed by atoms with Gasteiger partial charge in [0, 0.05) is 12.5 Å². The molecule has 1 saturated carbocycles. The molecule has 0 saturated heterocycles. The van der Waals surface area contributed by atoms with Crippen LogP contribution in [0.2, 0.25) is 0 Å². The van der Waals surface area contributed by atoms with Crippen molar-refractivity contribution in [1.82, 2.24) is 5.32 Å². The minimum absolute atomic E-state index is 0.557. The molecular weight excluding hydrogens is 158 g/mol. The SMILES string of the molecule is C#CCC(NC)C1CCC(CC)C1. The summed E-state index contributed by atoms with van der Waals surface area (Å²) in [6.45, 7) is 2.29. The third-order valence-corrected chi connectivity index (χ3v) is 3.44. The van der Waals surface area contributed by atoms with Crippen LogP contribution in [-0.4, -0.2) is 13.1 Å². The van der Waals surface area contributed by atoms with Crippen molar-refractivity contribution in [2.75, 3.05) is 7.05 Å². The molecule has 1 fully saturated rings. The van der Waals surface area contributed by atoms with Gasteiger partial charge in [-0.05, 0) is 31.7 Å². The van der Waals surface area contributed by atoms with Gasteiger partial charge in [0.2, 0.25) is 0 Å². The van der Waals surface area contributed by atoms with Crippen LogP contribution in [0.1, 0.15) is 39.0 Å². The van der Waals surface area contributed by atoms with Crippen LogP contribution in [0.5, 0.6) is 0 Å². The summed E-state index contributed by atoms with van der Waals surface area (Å²) < 4.78 is 0. The maximum absolute atomic E-state index is 5.35. The predicted molar refractivity (Wildman–Crippen MR) is 57.4 cm³/mol. The van der Waals surface area contributed by atoms with Crippen molar-refractivity contribution in [1.29, 1.82) is 0 Å². The molecule has 3 atom stereocenters. The highest BCUT2D eigenvalue weighted by atomic mass is 14.9. The fourth-order valence-electron chi connectivity index (χ4n) is 2.48. The van der Waals surface area contributed by atoms with E-state index in [9.17, 15) is 0 Å². The van der Waals surface area contributed by atoms with Crippen LogP contribution >= 0.6 is 0 Å². The summed E-state index contributed by atoms with van der Waals surface area (Å²) in [4.78, 5) is 0. The Labute approximate surface area is 82.3 Å². The fraction of sp³-hybridized carbons (Fsp3) is 0.833. The van der Waals surface area contributed by atoms with E-state index < -0.39 is 0 Å². The van der Waals surface area contributed by atoms with Crippen molar-refractivity contribution in [3.63, 3.8) is 0 Å². The van der Waals surface area contributed by atoms with Gasteiger partial charge >= 0.3 is 0 Å². The first-order valence-electron chi connectivity index (χ1n) is 5.42. The lowest BCUT2D eigenvalue weighted by atomic mass is 9.94. The summed E-state index contributed by atoms with van der Waals surface area (Å²) in [5.41, 5.74) is 0. The van der Waals surface area contributed by atoms with Gasteiger partial charge in [-0.3, -0.25) is 0 Å². The Morgan fingerprint density at radius 1 is 1.54 bits per heavy atom. The number of hydrogen-bond donors (Lipinski definition) is 1.